The summed E-state index contributed by atoms with van der Waals surface area (Å²) in [6.45, 7) is 9.43. The first-order valence-electron chi connectivity index (χ1n) is 21.3. The van der Waals surface area contributed by atoms with E-state index < -0.39 is 0 Å². The molecule has 0 aliphatic rings. The van der Waals surface area contributed by atoms with Crippen LogP contribution in [0.1, 0.15) is 264 Å². The third-order valence-corrected chi connectivity index (χ3v) is 10.6. The van der Waals surface area contributed by atoms with Crippen molar-refractivity contribution >= 4 is 0 Å². The second kappa shape index (κ2) is 33.1. The highest BCUT2D eigenvalue weighted by Gasteiger charge is 2.25. The Morgan fingerprint density at radius 2 is 0.711 bits per heavy atom. The van der Waals surface area contributed by atoms with Gasteiger partial charge in [0.25, 0.3) is 5.82 Å². The summed E-state index contributed by atoms with van der Waals surface area (Å²) in [5.41, 5.74) is 0. The fourth-order valence-corrected chi connectivity index (χ4v) is 7.49. The Balaban J connectivity index is 2.37. The van der Waals surface area contributed by atoms with Crippen molar-refractivity contribution in [2.24, 2.45) is 0 Å². The van der Waals surface area contributed by atoms with Crippen LogP contribution >= 0.6 is 0 Å². The summed E-state index contributed by atoms with van der Waals surface area (Å²) < 4.78 is 2.65. The summed E-state index contributed by atoms with van der Waals surface area (Å²) in [6, 6.07) is 0.618. The molecule has 1 aromatic rings. The number of unbranched alkanes of at least 4 members (excludes halogenated alkanes) is 28. The lowest BCUT2D eigenvalue weighted by atomic mass is 9.92. The number of imidazole rings is 1. The molecule has 0 spiro atoms. The minimum absolute atomic E-state index is 0.618. The topological polar surface area (TPSA) is 19.7 Å². The lowest BCUT2D eigenvalue weighted by Crippen LogP contribution is -2.41. The van der Waals surface area contributed by atoms with E-state index in [0.717, 1.165) is 0 Å². The standard InChI is InChI=1S/C43H84N2/c1-5-8-11-14-17-20-22-23-24-25-27-30-33-36-41(4)45-40-39-44-43(45)42(37-34-31-28-19-16-13-10-7-3)38-35-32-29-26-21-18-15-12-9-6-2/h39-42H,5-38H2,1-4H3/p+1. The first kappa shape index (κ1) is 42.2. The van der Waals surface area contributed by atoms with Crippen molar-refractivity contribution in [2.75, 3.05) is 0 Å². The van der Waals surface area contributed by atoms with E-state index in [9.17, 15) is 0 Å². The molecule has 0 radical (unpaired) electrons. The van der Waals surface area contributed by atoms with E-state index in [0.29, 0.717) is 12.0 Å². The molecule has 2 unspecified atom stereocenters. The average Bonchev–Trinajstić information content (AvgIpc) is 3.54. The Morgan fingerprint density at radius 1 is 0.422 bits per heavy atom. The molecule has 45 heavy (non-hydrogen) atoms. The fourth-order valence-electron chi connectivity index (χ4n) is 7.49. The van der Waals surface area contributed by atoms with Crippen LogP contribution in [-0.2, 0) is 0 Å². The van der Waals surface area contributed by atoms with Gasteiger partial charge in [0.05, 0.1) is 12.0 Å². The van der Waals surface area contributed by atoms with E-state index in [2.05, 4.69) is 49.6 Å². The molecule has 1 rings (SSSR count). The summed E-state index contributed by atoms with van der Waals surface area (Å²) in [6.07, 6.45) is 53.1. The Bertz CT molecular complexity index is 694. The maximum atomic E-state index is 3.76. The number of aromatic amines is 1. The van der Waals surface area contributed by atoms with Gasteiger partial charge in [-0.1, -0.05) is 213 Å². The largest absolute Gasteiger partial charge is 0.257 e. The van der Waals surface area contributed by atoms with Crippen LogP contribution in [0.3, 0.4) is 0 Å². The minimum Gasteiger partial charge on any atom is -0.247 e. The van der Waals surface area contributed by atoms with Gasteiger partial charge in [-0.15, -0.1) is 0 Å². The molecule has 266 valence electrons. The second-order valence-corrected chi connectivity index (χ2v) is 15.1. The summed E-state index contributed by atoms with van der Waals surface area (Å²) in [5, 5.41) is 0. The van der Waals surface area contributed by atoms with Crippen LogP contribution in [0.15, 0.2) is 12.4 Å². The molecule has 2 heteroatoms. The van der Waals surface area contributed by atoms with Crippen LogP contribution in [-0.4, -0.2) is 4.98 Å². The molecule has 1 heterocycles. The van der Waals surface area contributed by atoms with Gasteiger partial charge in [-0.05, 0) is 32.6 Å². The number of H-pyrrole nitrogens is 1. The Labute approximate surface area is 285 Å². The van der Waals surface area contributed by atoms with Crippen molar-refractivity contribution in [3.63, 3.8) is 0 Å². The summed E-state index contributed by atoms with van der Waals surface area (Å²) in [4.78, 5) is 3.76. The molecule has 0 saturated heterocycles. The zero-order valence-electron chi connectivity index (χ0n) is 31.8. The van der Waals surface area contributed by atoms with Gasteiger partial charge in [0.1, 0.15) is 12.4 Å². The average molecular weight is 630 g/mol. The number of hydrogen-bond donors (Lipinski definition) is 1. The second-order valence-electron chi connectivity index (χ2n) is 15.1. The van der Waals surface area contributed by atoms with Crippen molar-refractivity contribution in [1.29, 1.82) is 0 Å². The molecule has 1 N–H and O–H groups in total. The molecule has 0 aliphatic heterocycles. The van der Waals surface area contributed by atoms with Gasteiger partial charge in [-0.3, -0.25) is 0 Å². The molecular formula is C43H85N2+. The molecule has 0 saturated carbocycles. The molecule has 0 bridgehead atoms. The first-order valence-corrected chi connectivity index (χ1v) is 21.3. The summed E-state index contributed by atoms with van der Waals surface area (Å²) in [5.74, 6) is 2.25. The van der Waals surface area contributed by atoms with Crippen LogP contribution in [0.25, 0.3) is 0 Å². The molecule has 2 nitrogen and oxygen atoms in total. The number of rotatable bonds is 36. The SMILES string of the molecule is CCCCCCCCCCCCCCCC(C)[n+]1cc[nH]c1C(CCCCCCCCCC)CCCCCCCCCCCC. The van der Waals surface area contributed by atoms with Gasteiger partial charge in [0.15, 0.2) is 0 Å². The summed E-state index contributed by atoms with van der Waals surface area (Å²) >= 11 is 0. The van der Waals surface area contributed by atoms with Crippen LogP contribution < -0.4 is 4.57 Å². The van der Waals surface area contributed by atoms with Gasteiger partial charge >= 0.3 is 0 Å². The van der Waals surface area contributed by atoms with E-state index in [1.165, 1.54) is 224 Å². The number of nitrogens with zero attached hydrogens (tertiary/aromatic N) is 1. The first-order chi connectivity index (χ1) is 22.2. The highest BCUT2D eigenvalue weighted by molar-refractivity contribution is 4.90. The Hall–Kier alpha value is -0.790. The third kappa shape index (κ3) is 25.0. The zero-order chi connectivity index (χ0) is 32.5. The van der Waals surface area contributed by atoms with Crippen molar-refractivity contribution < 1.29 is 4.57 Å². The van der Waals surface area contributed by atoms with Gasteiger partial charge in [-0.25, -0.2) is 9.55 Å². The zero-order valence-corrected chi connectivity index (χ0v) is 31.8. The van der Waals surface area contributed by atoms with Crippen molar-refractivity contribution in [3.05, 3.63) is 18.2 Å². The van der Waals surface area contributed by atoms with Crippen LogP contribution in [0.2, 0.25) is 0 Å². The Kier molecular flexibility index (Phi) is 31.1. The Morgan fingerprint density at radius 3 is 1.04 bits per heavy atom. The maximum absolute atomic E-state index is 3.76. The fraction of sp³-hybridized carbons (Fsp3) is 0.930. The number of hydrogen-bond acceptors (Lipinski definition) is 0. The van der Waals surface area contributed by atoms with Crippen LogP contribution in [0, 0.1) is 0 Å². The van der Waals surface area contributed by atoms with Gasteiger partial charge in [0, 0.05) is 0 Å². The molecule has 2 atom stereocenters. The van der Waals surface area contributed by atoms with E-state index >= 15 is 0 Å². The molecule has 0 aromatic carbocycles. The van der Waals surface area contributed by atoms with E-state index in [-0.39, 0.29) is 0 Å². The molecule has 0 fully saturated rings. The maximum Gasteiger partial charge on any atom is 0.257 e. The van der Waals surface area contributed by atoms with Gasteiger partial charge in [0.2, 0.25) is 0 Å². The van der Waals surface area contributed by atoms with Gasteiger partial charge < -0.3 is 0 Å². The highest BCUT2D eigenvalue weighted by atomic mass is 15.1. The van der Waals surface area contributed by atoms with E-state index in [4.69, 9.17) is 0 Å². The monoisotopic (exact) mass is 630 g/mol. The normalized spacial score (nSPS) is 13.1. The van der Waals surface area contributed by atoms with Crippen LogP contribution in [0.4, 0.5) is 0 Å². The van der Waals surface area contributed by atoms with Crippen LogP contribution in [0.5, 0.6) is 0 Å². The molecular weight excluding hydrogens is 544 g/mol. The lowest BCUT2D eigenvalue weighted by Gasteiger charge is -2.17. The van der Waals surface area contributed by atoms with Crippen molar-refractivity contribution in [3.8, 4) is 0 Å². The molecule has 0 aliphatic carbocycles. The molecule has 0 amide bonds. The lowest BCUT2D eigenvalue weighted by molar-refractivity contribution is -0.727. The van der Waals surface area contributed by atoms with E-state index in [1.807, 2.05) is 0 Å². The third-order valence-electron chi connectivity index (χ3n) is 10.6. The number of aromatic nitrogens is 2. The van der Waals surface area contributed by atoms with Crippen molar-refractivity contribution in [1.82, 2.24) is 4.98 Å². The smallest absolute Gasteiger partial charge is 0.247 e. The number of nitrogens with one attached hydrogen (secondary N) is 1. The summed E-state index contributed by atoms with van der Waals surface area (Å²) in [7, 11) is 0. The van der Waals surface area contributed by atoms with E-state index in [1.54, 1.807) is 0 Å². The minimum atomic E-state index is 0.618. The van der Waals surface area contributed by atoms with Gasteiger partial charge in [-0.2, -0.15) is 0 Å². The quantitative estimate of drug-likeness (QED) is 0.0563. The predicted molar refractivity (Wildman–Crippen MR) is 202 cm³/mol. The highest BCUT2D eigenvalue weighted by Crippen LogP contribution is 2.27. The predicted octanol–water partition coefficient (Wildman–Crippen LogP) is 15.3. The van der Waals surface area contributed by atoms with Crippen molar-refractivity contribution in [2.45, 2.75) is 258 Å². The molecule has 1 aromatic heterocycles.